The molecule has 0 fully saturated rings. The predicted octanol–water partition coefficient (Wildman–Crippen LogP) is 0.896. The first-order chi connectivity index (χ1) is 6.25. The Morgan fingerprint density at radius 1 is 1.69 bits per heavy atom. The number of ether oxygens (including phenoxy) is 1. The molecule has 4 heteroatoms. The Morgan fingerprint density at radius 3 is 2.92 bits per heavy atom. The van der Waals surface area contributed by atoms with Crippen LogP contribution in [0.4, 0.5) is 0 Å². The molecule has 0 aliphatic rings. The van der Waals surface area contributed by atoms with Gasteiger partial charge in [0.15, 0.2) is 0 Å². The summed E-state index contributed by atoms with van der Waals surface area (Å²) in [6, 6.07) is 5.18. The molecule has 0 spiro atoms. The molecule has 1 N–H and O–H groups in total. The molecule has 0 aromatic carbocycles. The van der Waals surface area contributed by atoms with Gasteiger partial charge in [0.2, 0.25) is 0 Å². The van der Waals surface area contributed by atoms with Gasteiger partial charge < -0.3 is 9.84 Å². The normalized spacial score (nSPS) is 12.4. The average molecular weight is 181 g/mol. The highest BCUT2D eigenvalue weighted by Crippen LogP contribution is 2.12. The fourth-order valence-corrected chi connectivity index (χ4v) is 1.03. The van der Waals surface area contributed by atoms with E-state index in [0.717, 1.165) is 0 Å². The van der Waals surface area contributed by atoms with Gasteiger partial charge in [-0.15, -0.1) is 0 Å². The van der Waals surface area contributed by atoms with E-state index in [1.807, 2.05) is 0 Å². The molecule has 1 heterocycles. The van der Waals surface area contributed by atoms with Crippen molar-refractivity contribution in [3.05, 3.63) is 30.1 Å². The summed E-state index contributed by atoms with van der Waals surface area (Å²) < 4.78 is 4.80. The summed E-state index contributed by atoms with van der Waals surface area (Å²) in [6.07, 6.45) is 1.57. The number of nitrogens with zero attached hydrogens (tertiary/aromatic N) is 1. The molecule has 0 bridgehead atoms. The Balaban J connectivity index is 2.82. The minimum absolute atomic E-state index is 0.145. The first-order valence-corrected chi connectivity index (χ1v) is 3.88. The lowest BCUT2D eigenvalue weighted by molar-refractivity contribution is -0.140. The van der Waals surface area contributed by atoms with Gasteiger partial charge in [-0.3, -0.25) is 9.78 Å². The predicted molar refractivity (Wildman–Crippen MR) is 46.5 cm³/mol. The minimum Gasteiger partial charge on any atom is -0.481 e. The van der Waals surface area contributed by atoms with Crippen LogP contribution in [0.25, 0.3) is 0 Å². The molecule has 0 saturated carbocycles. The van der Waals surface area contributed by atoms with Crippen molar-refractivity contribution < 1.29 is 14.6 Å². The lowest BCUT2D eigenvalue weighted by Crippen LogP contribution is -2.17. The Bertz CT molecular complexity index is 273. The van der Waals surface area contributed by atoms with E-state index in [9.17, 15) is 4.79 Å². The Hall–Kier alpha value is -1.42. The lowest BCUT2D eigenvalue weighted by Gasteiger charge is -2.09. The second-order valence-corrected chi connectivity index (χ2v) is 2.60. The third kappa shape index (κ3) is 2.52. The summed E-state index contributed by atoms with van der Waals surface area (Å²) in [4.78, 5) is 14.7. The van der Waals surface area contributed by atoms with Crippen LogP contribution in [0, 0.1) is 0 Å². The van der Waals surface area contributed by atoms with Crippen molar-refractivity contribution in [2.45, 2.75) is 5.92 Å². The van der Waals surface area contributed by atoms with Crippen LogP contribution in [0.15, 0.2) is 24.4 Å². The molecule has 0 saturated heterocycles. The van der Waals surface area contributed by atoms with Crippen molar-refractivity contribution >= 4 is 5.97 Å². The second kappa shape index (κ2) is 4.57. The monoisotopic (exact) mass is 181 g/mol. The van der Waals surface area contributed by atoms with Crippen molar-refractivity contribution in [2.75, 3.05) is 13.7 Å². The SMILES string of the molecule is COCC(C(=O)O)c1ccccn1. The van der Waals surface area contributed by atoms with E-state index in [0.29, 0.717) is 5.69 Å². The van der Waals surface area contributed by atoms with Crippen molar-refractivity contribution in [3.8, 4) is 0 Å². The number of hydrogen-bond donors (Lipinski definition) is 1. The van der Waals surface area contributed by atoms with Gasteiger partial charge in [0.25, 0.3) is 0 Å². The molecule has 0 amide bonds. The maximum absolute atomic E-state index is 10.8. The zero-order valence-electron chi connectivity index (χ0n) is 7.30. The van der Waals surface area contributed by atoms with Gasteiger partial charge in [0.1, 0.15) is 5.92 Å². The molecular weight excluding hydrogens is 170 g/mol. The maximum Gasteiger partial charge on any atom is 0.314 e. The number of pyridine rings is 1. The van der Waals surface area contributed by atoms with Gasteiger partial charge in [-0.25, -0.2) is 0 Å². The molecule has 0 aliphatic heterocycles. The topological polar surface area (TPSA) is 59.4 Å². The highest BCUT2D eigenvalue weighted by Gasteiger charge is 2.20. The highest BCUT2D eigenvalue weighted by atomic mass is 16.5. The second-order valence-electron chi connectivity index (χ2n) is 2.60. The van der Waals surface area contributed by atoms with Crippen LogP contribution >= 0.6 is 0 Å². The largest absolute Gasteiger partial charge is 0.481 e. The van der Waals surface area contributed by atoms with Crippen molar-refractivity contribution in [1.82, 2.24) is 4.98 Å². The molecule has 1 aromatic rings. The van der Waals surface area contributed by atoms with E-state index in [-0.39, 0.29) is 6.61 Å². The van der Waals surface area contributed by atoms with Gasteiger partial charge in [-0.05, 0) is 12.1 Å². The summed E-state index contributed by atoms with van der Waals surface area (Å²) in [6.45, 7) is 0.145. The van der Waals surface area contributed by atoms with E-state index in [4.69, 9.17) is 9.84 Å². The first kappa shape index (κ1) is 9.67. The minimum atomic E-state index is -0.916. The Labute approximate surface area is 76.2 Å². The zero-order chi connectivity index (χ0) is 9.68. The highest BCUT2D eigenvalue weighted by molar-refractivity contribution is 5.75. The first-order valence-electron chi connectivity index (χ1n) is 3.88. The third-order valence-corrected chi connectivity index (χ3v) is 1.68. The average Bonchev–Trinajstić information content (AvgIpc) is 2.15. The molecule has 1 aromatic heterocycles. The number of hydrogen-bond acceptors (Lipinski definition) is 3. The van der Waals surface area contributed by atoms with E-state index in [1.54, 1.807) is 24.4 Å². The fraction of sp³-hybridized carbons (Fsp3) is 0.333. The van der Waals surface area contributed by atoms with Gasteiger partial charge in [-0.1, -0.05) is 6.07 Å². The molecule has 1 rings (SSSR count). The van der Waals surface area contributed by atoms with E-state index >= 15 is 0 Å². The van der Waals surface area contributed by atoms with Crippen LogP contribution < -0.4 is 0 Å². The summed E-state index contributed by atoms with van der Waals surface area (Å²) in [7, 11) is 1.47. The molecule has 0 radical (unpaired) electrons. The number of rotatable bonds is 4. The van der Waals surface area contributed by atoms with Crippen LogP contribution in [0.5, 0.6) is 0 Å². The van der Waals surface area contributed by atoms with Crippen molar-refractivity contribution in [2.24, 2.45) is 0 Å². The lowest BCUT2D eigenvalue weighted by atomic mass is 10.1. The van der Waals surface area contributed by atoms with Gasteiger partial charge >= 0.3 is 5.97 Å². The molecule has 1 unspecified atom stereocenters. The summed E-state index contributed by atoms with van der Waals surface area (Å²) in [5.74, 6) is -1.59. The van der Waals surface area contributed by atoms with Crippen molar-refractivity contribution in [3.63, 3.8) is 0 Å². The van der Waals surface area contributed by atoms with Crippen LogP contribution in [0.2, 0.25) is 0 Å². The smallest absolute Gasteiger partial charge is 0.314 e. The molecule has 70 valence electrons. The Morgan fingerprint density at radius 2 is 2.46 bits per heavy atom. The standard InChI is InChI=1S/C9H11NO3/c1-13-6-7(9(11)12)8-4-2-3-5-10-8/h2-5,7H,6H2,1H3,(H,11,12). The molecule has 0 aliphatic carbocycles. The molecule has 1 atom stereocenters. The quantitative estimate of drug-likeness (QED) is 0.749. The number of aromatic nitrogens is 1. The van der Waals surface area contributed by atoms with Crippen molar-refractivity contribution in [1.29, 1.82) is 0 Å². The number of methoxy groups -OCH3 is 1. The van der Waals surface area contributed by atoms with Gasteiger partial charge in [0, 0.05) is 13.3 Å². The maximum atomic E-state index is 10.8. The number of aliphatic carboxylic acids is 1. The third-order valence-electron chi connectivity index (χ3n) is 1.68. The van der Waals surface area contributed by atoms with Crippen LogP contribution in [0.3, 0.4) is 0 Å². The van der Waals surface area contributed by atoms with E-state index in [1.165, 1.54) is 7.11 Å². The zero-order valence-corrected chi connectivity index (χ0v) is 7.30. The van der Waals surface area contributed by atoms with E-state index < -0.39 is 11.9 Å². The van der Waals surface area contributed by atoms with Crippen LogP contribution in [0.1, 0.15) is 11.6 Å². The summed E-state index contributed by atoms with van der Waals surface area (Å²) >= 11 is 0. The van der Waals surface area contributed by atoms with Gasteiger partial charge in [-0.2, -0.15) is 0 Å². The van der Waals surface area contributed by atoms with Gasteiger partial charge in [0.05, 0.1) is 12.3 Å². The molecular formula is C9H11NO3. The molecule has 4 nitrogen and oxygen atoms in total. The van der Waals surface area contributed by atoms with Crippen LogP contribution in [-0.2, 0) is 9.53 Å². The number of carboxylic acids is 1. The van der Waals surface area contributed by atoms with Crippen LogP contribution in [-0.4, -0.2) is 29.8 Å². The number of carbonyl (C=O) groups is 1. The van der Waals surface area contributed by atoms with E-state index in [2.05, 4.69) is 4.98 Å². The number of carboxylic acid groups (broad SMARTS) is 1. The molecule has 13 heavy (non-hydrogen) atoms. The fourth-order valence-electron chi connectivity index (χ4n) is 1.03. The Kier molecular flexibility index (Phi) is 3.40. The summed E-state index contributed by atoms with van der Waals surface area (Å²) in [5.41, 5.74) is 0.525. The summed E-state index contributed by atoms with van der Waals surface area (Å²) in [5, 5.41) is 8.84.